The van der Waals surface area contributed by atoms with Gasteiger partial charge in [0.25, 0.3) is 0 Å². The summed E-state index contributed by atoms with van der Waals surface area (Å²) in [7, 11) is 0. The first-order valence-electron chi connectivity index (χ1n) is 7.70. The van der Waals surface area contributed by atoms with Crippen LogP contribution in [0.25, 0.3) is 11.4 Å². The number of rotatable bonds is 3. The smallest absolute Gasteiger partial charge is 0.219 e. The number of aryl methyl sites for hydroxylation is 1. The molecular formula is C16H21N5O. The van der Waals surface area contributed by atoms with E-state index in [9.17, 15) is 4.79 Å². The summed E-state index contributed by atoms with van der Waals surface area (Å²) in [5, 5.41) is 7.15. The summed E-state index contributed by atoms with van der Waals surface area (Å²) < 4.78 is 0. The van der Waals surface area contributed by atoms with Crippen LogP contribution < -0.4 is 0 Å². The van der Waals surface area contributed by atoms with Crippen LogP contribution >= 0.6 is 0 Å². The standard InChI is InChI=1S/C16H21N5O/c1-11-6-15(20-19-11)16-9-17-8-14(18-16)7-13-4-3-5-21(10-13)12(2)22/h6,8-9,13H,3-5,7,10H2,1-2H3,(H,19,20)/t13-/m0/s1. The molecule has 1 fully saturated rings. The van der Waals surface area contributed by atoms with Gasteiger partial charge in [0.05, 0.1) is 11.9 Å². The average molecular weight is 299 g/mol. The number of carbonyl (C=O) groups excluding carboxylic acids is 1. The Balaban J connectivity index is 1.71. The molecule has 0 bridgehead atoms. The van der Waals surface area contributed by atoms with E-state index >= 15 is 0 Å². The Bertz CT molecular complexity index is 666. The fourth-order valence-corrected chi connectivity index (χ4v) is 2.99. The van der Waals surface area contributed by atoms with Gasteiger partial charge in [0.2, 0.25) is 5.91 Å². The van der Waals surface area contributed by atoms with Gasteiger partial charge in [-0.25, -0.2) is 4.98 Å². The van der Waals surface area contributed by atoms with Crippen LogP contribution in [-0.4, -0.2) is 44.1 Å². The van der Waals surface area contributed by atoms with E-state index in [-0.39, 0.29) is 5.91 Å². The molecule has 2 aromatic rings. The zero-order chi connectivity index (χ0) is 15.5. The highest BCUT2D eigenvalue weighted by molar-refractivity contribution is 5.73. The van der Waals surface area contributed by atoms with Crippen molar-refractivity contribution in [2.45, 2.75) is 33.1 Å². The fourth-order valence-electron chi connectivity index (χ4n) is 2.99. The fraction of sp³-hybridized carbons (Fsp3) is 0.500. The predicted molar refractivity (Wildman–Crippen MR) is 83.0 cm³/mol. The summed E-state index contributed by atoms with van der Waals surface area (Å²) in [6, 6.07) is 1.96. The highest BCUT2D eigenvalue weighted by Crippen LogP contribution is 2.21. The Hall–Kier alpha value is -2.24. The summed E-state index contributed by atoms with van der Waals surface area (Å²) in [5.74, 6) is 0.625. The van der Waals surface area contributed by atoms with E-state index in [4.69, 9.17) is 0 Å². The monoisotopic (exact) mass is 299 g/mol. The summed E-state index contributed by atoms with van der Waals surface area (Å²) in [4.78, 5) is 22.4. The molecule has 0 saturated carbocycles. The van der Waals surface area contributed by atoms with Gasteiger partial charge in [-0.05, 0) is 38.2 Å². The molecule has 1 amide bonds. The van der Waals surface area contributed by atoms with Crippen LogP contribution in [0, 0.1) is 12.8 Å². The summed E-state index contributed by atoms with van der Waals surface area (Å²) in [6.07, 6.45) is 6.61. The normalized spacial score (nSPS) is 18.5. The molecular weight excluding hydrogens is 278 g/mol. The van der Waals surface area contributed by atoms with E-state index in [1.165, 1.54) is 0 Å². The van der Waals surface area contributed by atoms with Crippen molar-refractivity contribution < 1.29 is 4.79 Å². The van der Waals surface area contributed by atoms with Crippen LogP contribution in [0.5, 0.6) is 0 Å². The maximum Gasteiger partial charge on any atom is 0.219 e. The van der Waals surface area contributed by atoms with Crippen molar-refractivity contribution in [1.29, 1.82) is 0 Å². The van der Waals surface area contributed by atoms with Crippen molar-refractivity contribution >= 4 is 5.91 Å². The van der Waals surface area contributed by atoms with Crippen molar-refractivity contribution in [1.82, 2.24) is 25.1 Å². The minimum Gasteiger partial charge on any atom is -0.343 e. The number of nitrogens with zero attached hydrogens (tertiary/aromatic N) is 4. The molecule has 0 spiro atoms. The molecule has 1 aliphatic rings. The third-order valence-electron chi connectivity index (χ3n) is 4.11. The molecule has 1 N–H and O–H groups in total. The number of carbonyl (C=O) groups is 1. The molecule has 1 atom stereocenters. The van der Waals surface area contributed by atoms with Crippen LogP contribution in [0.15, 0.2) is 18.5 Å². The molecule has 22 heavy (non-hydrogen) atoms. The molecule has 6 heteroatoms. The van der Waals surface area contributed by atoms with Crippen molar-refractivity contribution in [3.63, 3.8) is 0 Å². The second-order valence-corrected chi connectivity index (χ2v) is 6.01. The molecule has 116 valence electrons. The van der Waals surface area contributed by atoms with E-state index in [0.717, 1.165) is 55.1 Å². The molecule has 0 unspecified atom stereocenters. The van der Waals surface area contributed by atoms with Gasteiger partial charge in [-0.1, -0.05) is 0 Å². The van der Waals surface area contributed by atoms with Crippen molar-refractivity contribution in [3.8, 4) is 11.4 Å². The second-order valence-electron chi connectivity index (χ2n) is 6.01. The average Bonchev–Trinajstić information content (AvgIpc) is 2.94. The topological polar surface area (TPSA) is 74.8 Å². The lowest BCUT2D eigenvalue weighted by molar-refractivity contribution is -0.130. The molecule has 0 radical (unpaired) electrons. The van der Waals surface area contributed by atoms with Gasteiger partial charge in [0.15, 0.2) is 0 Å². The quantitative estimate of drug-likeness (QED) is 0.940. The van der Waals surface area contributed by atoms with Crippen LogP contribution in [0.3, 0.4) is 0 Å². The van der Waals surface area contributed by atoms with Gasteiger partial charge in [0, 0.05) is 31.9 Å². The largest absolute Gasteiger partial charge is 0.343 e. The summed E-state index contributed by atoms with van der Waals surface area (Å²) >= 11 is 0. The van der Waals surface area contributed by atoms with Crippen LogP contribution in [0.2, 0.25) is 0 Å². The first-order chi connectivity index (χ1) is 10.6. The number of aromatic nitrogens is 4. The molecule has 1 aliphatic heterocycles. The van der Waals surface area contributed by atoms with E-state index in [0.29, 0.717) is 5.92 Å². The lowest BCUT2D eigenvalue weighted by Crippen LogP contribution is -2.39. The molecule has 3 rings (SSSR count). The number of H-pyrrole nitrogens is 1. The van der Waals surface area contributed by atoms with Crippen molar-refractivity contribution in [2.24, 2.45) is 5.92 Å². The number of nitrogens with one attached hydrogen (secondary N) is 1. The maximum atomic E-state index is 11.5. The number of piperidine rings is 1. The Morgan fingerprint density at radius 1 is 1.41 bits per heavy atom. The Morgan fingerprint density at radius 2 is 2.27 bits per heavy atom. The zero-order valence-electron chi connectivity index (χ0n) is 13.0. The van der Waals surface area contributed by atoms with E-state index in [1.54, 1.807) is 13.1 Å². The molecule has 0 aliphatic carbocycles. The molecule has 2 aromatic heterocycles. The van der Waals surface area contributed by atoms with Gasteiger partial charge in [-0.2, -0.15) is 5.10 Å². The SMILES string of the molecule is CC(=O)N1CCC[C@@H](Cc2cncc(-c3cc(C)[nH]n3)n2)C1. The number of likely N-dealkylation sites (tertiary alicyclic amines) is 1. The van der Waals surface area contributed by atoms with Crippen LogP contribution in [-0.2, 0) is 11.2 Å². The van der Waals surface area contributed by atoms with Gasteiger partial charge >= 0.3 is 0 Å². The van der Waals surface area contributed by atoms with Crippen LogP contribution in [0.4, 0.5) is 0 Å². The van der Waals surface area contributed by atoms with Gasteiger partial charge in [-0.3, -0.25) is 14.9 Å². The highest BCUT2D eigenvalue weighted by atomic mass is 16.2. The summed E-state index contributed by atoms with van der Waals surface area (Å²) in [5.41, 5.74) is 3.59. The minimum atomic E-state index is 0.163. The van der Waals surface area contributed by atoms with Crippen LogP contribution in [0.1, 0.15) is 31.2 Å². The Kier molecular flexibility index (Phi) is 4.18. The summed E-state index contributed by atoms with van der Waals surface area (Å²) in [6.45, 7) is 5.31. The third-order valence-corrected chi connectivity index (χ3v) is 4.11. The lowest BCUT2D eigenvalue weighted by Gasteiger charge is -2.31. The zero-order valence-corrected chi connectivity index (χ0v) is 13.0. The van der Waals surface area contributed by atoms with E-state index < -0.39 is 0 Å². The Labute approximate surface area is 130 Å². The first kappa shape index (κ1) is 14.7. The van der Waals surface area contributed by atoms with Crippen molar-refractivity contribution in [2.75, 3.05) is 13.1 Å². The first-order valence-corrected chi connectivity index (χ1v) is 7.70. The maximum absolute atomic E-state index is 11.5. The number of aromatic amines is 1. The minimum absolute atomic E-state index is 0.163. The third kappa shape index (κ3) is 3.32. The highest BCUT2D eigenvalue weighted by Gasteiger charge is 2.22. The lowest BCUT2D eigenvalue weighted by atomic mass is 9.93. The van der Waals surface area contributed by atoms with Gasteiger partial charge < -0.3 is 4.90 Å². The predicted octanol–water partition coefficient (Wildman–Crippen LogP) is 1.98. The van der Waals surface area contributed by atoms with E-state index in [1.807, 2.05) is 24.1 Å². The van der Waals surface area contributed by atoms with Crippen molar-refractivity contribution in [3.05, 3.63) is 29.8 Å². The molecule has 1 saturated heterocycles. The Morgan fingerprint density at radius 3 is 3.00 bits per heavy atom. The van der Waals surface area contributed by atoms with Gasteiger partial charge in [0.1, 0.15) is 11.4 Å². The number of hydrogen-bond donors (Lipinski definition) is 1. The van der Waals surface area contributed by atoms with E-state index in [2.05, 4.69) is 20.2 Å². The van der Waals surface area contributed by atoms with Gasteiger partial charge in [-0.15, -0.1) is 0 Å². The molecule has 0 aromatic carbocycles. The number of hydrogen-bond acceptors (Lipinski definition) is 4. The number of amides is 1. The molecule has 6 nitrogen and oxygen atoms in total. The molecule has 3 heterocycles. The second kappa shape index (κ2) is 6.25.